The van der Waals surface area contributed by atoms with Crippen molar-refractivity contribution >= 4 is 11.6 Å². The lowest BCUT2D eigenvalue weighted by Crippen LogP contribution is -2.47. The summed E-state index contributed by atoms with van der Waals surface area (Å²) in [6.45, 7) is 11.9. The Labute approximate surface area is 146 Å². The van der Waals surface area contributed by atoms with Gasteiger partial charge in [0.05, 0.1) is 0 Å². The van der Waals surface area contributed by atoms with Crippen LogP contribution in [0.2, 0.25) is 0 Å². The van der Waals surface area contributed by atoms with E-state index in [2.05, 4.69) is 60.2 Å². The molecule has 0 radical (unpaired) electrons. The molecule has 2 fully saturated rings. The largest absolute Gasteiger partial charge is 0.369 e. The fourth-order valence-corrected chi connectivity index (χ4v) is 3.54. The molecule has 3 atom stereocenters. The van der Waals surface area contributed by atoms with Crippen molar-refractivity contribution in [2.75, 3.05) is 37.6 Å². The lowest BCUT2D eigenvalue weighted by molar-refractivity contribution is -0.123. The summed E-state index contributed by atoms with van der Waals surface area (Å²) in [5.74, 6) is 1.14. The van der Waals surface area contributed by atoms with Gasteiger partial charge in [-0.1, -0.05) is 19.1 Å². The number of hydrogen-bond acceptors (Lipinski definition) is 3. The van der Waals surface area contributed by atoms with E-state index in [0.29, 0.717) is 5.92 Å². The minimum atomic E-state index is 0.263. The van der Waals surface area contributed by atoms with Crippen LogP contribution in [0.1, 0.15) is 32.3 Å². The Bertz CT molecular complexity index is 566. The van der Waals surface area contributed by atoms with Crippen LogP contribution < -0.4 is 10.2 Å². The maximum Gasteiger partial charge on any atom is 0.223 e. The second-order valence-corrected chi connectivity index (χ2v) is 7.69. The van der Waals surface area contributed by atoms with Crippen molar-refractivity contribution in [1.82, 2.24) is 10.2 Å². The van der Waals surface area contributed by atoms with E-state index in [1.54, 1.807) is 0 Å². The monoisotopic (exact) mass is 329 g/mol. The number of benzene rings is 1. The Balaban J connectivity index is 1.37. The molecule has 1 aromatic rings. The van der Waals surface area contributed by atoms with Crippen LogP contribution in [-0.2, 0) is 4.79 Å². The second-order valence-electron chi connectivity index (χ2n) is 7.69. The molecule has 132 valence electrons. The van der Waals surface area contributed by atoms with Crippen LogP contribution in [0.15, 0.2) is 24.3 Å². The van der Waals surface area contributed by atoms with Crippen LogP contribution in [0.3, 0.4) is 0 Å². The molecule has 0 spiro atoms. The van der Waals surface area contributed by atoms with Gasteiger partial charge in [0.1, 0.15) is 0 Å². The molecule has 0 bridgehead atoms. The van der Waals surface area contributed by atoms with E-state index in [-0.39, 0.29) is 17.9 Å². The van der Waals surface area contributed by atoms with E-state index >= 15 is 0 Å². The Morgan fingerprint density at radius 2 is 2.00 bits per heavy atom. The molecule has 2 aliphatic rings. The number of nitrogens with one attached hydrogen (secondary N) is 1. The number of anilines is 1. The van der Waals surface area contributed by atoms with E-state index in [0.717, 1.165) is 45.6 Å². The molecular formula is C20H31N3O. The number of carbonyl (C=O) groups is 1. The Morgan fingerprint density at radius 3 is 2.62 bits per heavy atom. The molecule has 4 nitrogen and oxygen atoms in total. The zero-order valence-corrected chi connectivity index (χ0v) is 15.3. The first-order chi connectivity index (χ1) is 11.5. The summed E-state index contributed by atoms with van der Waals surface area (Å²) in [6.07, 6.45) is 2.11. The van der Waals surface area contributed by atoms with Crippen molar-refractivity contribution in [3.63, 3.8) is 0 Å². The van der Waals surface area contributed by atoms with Gasteiger partial charge in [0.2, 0.25) is 5.91 Å². The van der Waals surface area contributed by atoms with Crippen molar-refractivity contribution in [1.29, 1.82) is 0 Å². The predicted octanol–water partition coefficient (Wildman–Crippen LogP) is 2.67. The molecule has 1 amide bonds. The van der Waals surface area contributed by atoms with Crippen molar-refractivity contribution in [3.05, 3.63) is 29.8 Å². The highest BCUT2D eigenvalue weighted by Crippen LogP contribution is 2.37. The third-order valence-corrected chi connectivity index (χ3v) is 5.45. The Hall–Kier alpha value is -1.55. The third kappa shape index (κ3) is 4.50. The molecule has 0 unspecified atom stereocenters. The summed E-state index contributed by atoms with van der Waals surface area (Å²) >= 11 is 0. The van der Waals surface area contributed by atoms with E-state index in [1.165, 1.54) is 11.3 Å². The van der Waals surface area contributed by atoms with Crippen LogP contribution >= 0.6 is 0 Å². The third-order valence-electron chi connectivity index (χ3n) is 5.45. The summed E-state index contributed by atoms with van der Waals surface area (Å²) in [7, 11) is 0. The van der Waals surface area contributed by atoms with Gasteiger partial charge < -0.3 is 10.2 Å². The molecule has 1 aromatic carbocycles. The summed E-state index contributed by atoms with van der Waals surface area (Å²) < 4.78 is 0. The van der Waals surface area contributed by atoms with Crippen molar-refractivity contribution in [2.45, 2.75) is 39.7 Å². The topological polar surface area (TPSA) is 35.6 Å². The lowest BCUT2D eigenvalue weighted by atomic mass is 10.1. The zero-order valence-electron chi connectivity index (χ0n) is 15.3. The van der Waals surface area contributed by atoms with E-state index in [1.807, 2.05) is 0 Å². The van der Waals surface area contributed by atoms with Crippen molar-refractivity contribution in [3.8, 4) is 0 Å². The Kier molecular flexibility index (Phi) is 5.44. The first-order valence-corrected chi connectivity index (χ1v) is 9.37. The molecule has 1 heterocycles. The molecule has 24 heavy (non-hydrogen) atoms. The van der Waals surface area contributed by atoms with E-state index in [4.69, 9.17) is 0 Å². The van der Waals surface area contributed by atoms with Gasteiger partial charge in [0.15, 0.2) is 0 Å². The van der Waals surface area contributed by atoms with Crippen LogP contribution in [0.25, 0.3) is 0 Å². The molecule has 1 N–H and O–H groups in total. The second kappa shape index (κ2) is 7.56. The van der Waals surface area contributed by atoms with Crippen molar-refractivity contribution < 1.29 is 4.79 Å². The van der Waals surface area contributed by atoms with Crippen molar-refractivity contribution in [2.24, 2.45) is 11.8 Å². The van der Waals surface area contributed by atoms with Gasteiger partial charge in [0.25, 0.3) is 0 Å². The molecular weight excluding hydrogens is 298 g/mol. The summed E-state index contributed by atoms with van der Waals surface area (Å²) in [6, 6.07) is 9.05. The van der Waals surface area contributed by atoms with Gasteiger partial charge in [-0.05, 0) is 50.3 Å². The molecule has 1 aliphatic carbocycles. The normalized spacial score (nSPS) is 25.4. The average Bonchev–Trinajstić information content (AvgIpc) is 3.30. The highest BCUT2D eigenvalue weighted by Gasteiger charge is 2.39. The maximum atomic E-state index is 12.0. The van der Waals surface area contributed by atoms with Gasteiger partial charge in [0, 0.05) is 50.4 Å². The van der Waals surface area contributed by atoms with Crippen LogP contribution in [0, 0.1) is 18.8 Å². The number of amides is 1. The van der Waals surface area contributed by atoms with E-state index in [9.17, 15) is 4.79 Å². The summed E-state index contributed by atoms with van der Waals surface area (Å²) in [4.78, 5) is 17.0. The predicted molar refractivity (Wildman–Crippen MR) is 99.3 cm³/mol. The smallest absolute Gasteiger partial charge is 0.223 e. The number of hydrogen-bond donors (Lipinski definition) is 1. The van der Waals surface area contributed by atoms with Crippen LogP contribution in [0.4, 0.5) is 5.69 Å². The SMILES string of the molecule is Cc1cccc(N2CCN(CC[C@H](C)NC(=O)[C@H]3C[C@@H]3C)CC2)c1. The minimum absolute atomic E-state index is 0.263. The van der Waals surface area contributed by atoms with Crippen LogP contribution in [-0.4, -0.2) is 49.6 Å². The highest BCUT2D eigenvalue weighted by atomic mass is 16.2. The number of rotatable bonds is 6. The number of nitrogens with zero attached hydrogens (tertiary/aromatic N) is 2. The molecule has 0 aromatic heterocycles. The first kappa shape index (κ1) is 17.3. The lowest BCUT2D eigenvalue weighted by Gasteiger charge is -2.36. The van der Waals surface area contributed by atoms with Gasteiger partial charge >= 0.3 is 0 Å². The van der Waals surface area contributed by atoms with E-state index < -0.39 is 0 Å². The molecule has 4 heteroatoms. The van der Waals surface area contributed by atoms with Crippen LogP contribution in [0.5, 0.6) is 0 Å². The number of aryl methyl sites for hydroxylation is 1. The fourth-order valence-electron chi connectivity index (χ4n) is 3.54. The maximum absolute atomic E-state index is 12.0. The molecule has 3 rings (SSSR count). The van der Waals surface area contributed by atoms with Gasteiger partial charge in [-0.3, -0.25) is 9.69 Å². The molecule has 1 aliphatic heterocycles. The fraction of sp³-hybridized carbons (Fsp3) is 0.650. The quantitative estimate of drug-likeness (QED) is 0.871. The molecule has 1 saturated carbocycles. The summed E-state index contributed by atoms with van der Waals surface area (Å²) in [5, 5.41) is 3.18. The highest BCUT2D eigenvalue weighted by molar-refractivity contribution is 5.81. The average molecular weight is 329 g/mol. The number of carbonyl (C=O) groups excluding carboxylic acids is 1. The van der Waals surface area contributed by atoms with Gasteiger partial charge in [-0.25, -0.2) is 0 Å². The van der Waals surface area contributed by atoms with Gasteiger partial charge in [-0.15, -0.1) is 0 Å². The standard InChI is InChI=1S/C20H31N3O/c1-15-5-4-6-18(13-15)23-11-9-22(10-12-23)8-7-17(3)21-20(24)19-14-16(19)2/h4-6,13,16-17,19H,7-12,14H2,1-3H3,(H,21,24)/t16-,17-,19-/m0/s1. The zero-order chi connectivity index (χ0) is 17.1. The summed E-state index contributed by atoms with van der Waals surface area (Å²) in [5.41, 5.74) is 2.67. The number of piperazine rings is 1. The molecule has 1 saturated heterocycles. The Morgan fingerprint density at radius 1 is 1.29 bits per heavy atom. The van der Waals surface area contributed by atoms with Gasteiger partial charge in [-0.2, -0.15) is 0 Å². The minimum Gasteiger partial charge on any atom is -0.369 e. The first-order valence-electron chi connectivity index (χ1n) is 9.37.